The van der Waals surface area contributed by atoms with Crippen molar-refractivity contribution in [3.8, 4) is 0 Å². The number of rotatable bonds is 51. The Morgan fingerprint density at radius 2 is 0.829 bits per heavy atom. The Morgan fingerprint density at radius 1 is 0.461 bits per heavy atom. The lowest BCUT2D eigenvalue weighted by Crippen LogP contribution is -2.60. The van der Waals surface area contributed by atoms with Crippen molar-refractivity contribution in [3.05, 3.63) is 122 Å². The minimum atomic E-state index is -1.58. The molecular weight excluding hydrogens is 947 g/mol. The second-order valence-corrected chi connectivity index (χ2v) is 20.7. The SMILES string of the molecule is CC/C=C\C/C=C\C/C=C\C/C=C\C/C=C\C/C=C\C/C=C\CCCCCCCCCCCC(=O)NC(COC1OC(CO)C(O)C(O)C1O)C(O)/C=C/CC/C=C/CC/C=C/CCCCCCCCCCCCCC. The van der Waals surface area contributed by atoms with Crippen LogP contribution >= 0.6 is 0 Å². The molecule has 0 aromatic rings. The molecule has 9 heteroatoms. The van der Waals surface area contributed by atoms with Crippen molar-refractivity contribution >= 4 is 5.91 Å². The molecule has 0 bridgehead atoms. The summed E-state index contributed by atoms with van der Waals surface area (Å²) < 4.78 is 11.3. The van der Waals surface area contributed by atoms with E-state index in [-0.39, 0.29) is 12.5 Å². The number of unbranched alkanes of at least 4 members (excludes halogenated alkanes) is 23. The van der Waals surface area contributed by atoms with Crippen LogP contribution in [0.1, 0.15) is 239 Å². The van der Waals surface area contributed by atoms with E-state index in [1.807, 2.05) is 6.08 Å². The number of ether oxygens (including phenoxy) is 2. The number of nitrogens with one attached hydrogen (secondary N) is 1. The fourth-order valence-corrected chi connectivity index (χ4v) is 8.93. The first kappa shape index (κ1) is 70.6. The molecule has 434 valence electrons. The van der Waals surface area contributed by atoms with Gasteiger partial charge in [-0.25, -0.2) is 0 Å². The zero-order valence-electron chi connectivity index (χ0n) is 48.2. The summed E-state index contributed by atoms with van der Waals surface area (Å²) in [5.74, 6) is -0.202. The molecule has 1 amide bonds. The third kappa shape index (κ3) is 43.6. The quantitative estimate of drug-likeness (QED) is 0.0261. The minimum Gasteiger partial charge on any atom is -0.394 e. The molecule has 7 unspecified atom stereocenters. The smallest absolute Gasteiger partial charge is 0.220 e. The normalized spacial score (nSPS) is 19.7. The lowest BCUT2D eigenvalue weighted by atomic mass is 9.99. The van der Waals surface area contributed by atoms with Gasteiger partial charge in [-0.2, -0.15) is 0 Å². The fourth-order valence-electron chi connectivity index (χ4n) is 8.93. The van der Waals surface area contributed by atoms with E-state index in [1.165, 1.54) is 109 Å². The van der Waals surface area contributed by atoms with Crippen LogP contribution in [0.3, 0.4) is 0 Å². The van der Waals surface area contributed by atoms with Gasteiger partial charge in [0.2, 0.25) is 5.91 Å². The van der Waals surface area contributed by atoms with Crippen LogP contribution in [0.15, 0.2) is 122 Å². The Bertz CT molecular complexity index is 1610. The molecule has 9 nitrogen and oxygen atoms in total. The van der Waals surface area contributed by atoms with Gasteiger partial charge in [-0.1, -0.05) is 251 Å². The molecule has 0 saturated carbocycles. The molecule has 0 aromatic carbocycles. The van der Waals surface area contributed by atoms with Crippen molar-refractivity contribution in [2.75, 3.05) is 13.2 Å². The summed E-state index contributed by atoms with van der Waals surface area (Å²) in [6.07, 6.45) is 75.5. The Hall–Kier alpha value is -3.41. The van der Waals surface area contributed by atoms with Crippen molar-refractivity contribution in [2.24, 2.45) is 0 Å². The Balaban J connectivity index is 2.25. The summed E-state index contributed by atoms with van der Waals surface area (Å²) in [5.41, 5.74) is 0. The van der Waals surface area contributed by atoms with E-state index in [1.54, 1.807) is 6.08 Å². The van der Waals surface area contributed by atoms with Crippen LogP contribution in [0.2, 0.25) is 0 Å². The predicted molar refractivity (Wildman–Crippen MR) is 322 cm³/mol. The maximum atomic E-state index is 13.1. The van der Waals surface area contributed by atoms with Gasteiger partial charge in [-0.05, 0) is 103 Å². The largest absolute Gasteiger partial charge is 0.394 e. The van der Waals surface area contributed by atoms with Crippen molar-refractivity contribution < 1.29 is 39.8 Å². The third-order valence-electron chi connectivity index (χ3n) is 13.7. The molecular formula is C67H113NO8. The summed E-state index contributed by atoms with van der Waals surface area (Å²) in [7, 11) is 0. The summed E-state index contributed by atoms with van der Waals surface area (Å²) >= 11 is 0. The average Bonchev–Trinajstić information content (AvgIpc) is 3.42. The van der Waals surface area contributed by atoms with Crippen molar-refractivity contribution in [1.29, 1.82) is 0 Å². The zero-order chi connectivity index (χ0) is 55.0. The van der Waals surface area contributed by atoms with Gasteiger partial charge in [-0.3, -0.25) is 4.79 Å². The minimum absolute atomic E-state index is 0.202. The zero-order valence-corrected chi connectivity index (χ0v) is 48.2. The highest BCUT2D eigenvalue weighted by atomic mass is 16.7. The second-order valence-electron chi connectivity index (χ2n) is 20.7. The monoisotopic (exact) mass is 1060 g/mol. The molecule has 6 N–H and O–H groups in total. The maximum Gasteiger partial charge on any atom is 0.220 e. The van der Waals surface area contributed by atoms with Crippen molar-refractivity contribution in [1.82, 2.24) is 5.32 Å². The van der Waals surface area contributed by atoms with E-state index in [0.717, 1.165) is 109 Å². The van der Waals surface area contributed by atoms with Crippen LogP contribution in [0.4, 0.5) is 0 Å². The van der Waals surface area contributed by atoms with Gasteiger partial charge in [-0.15, -0.1) is 0 Å². The van der Waals surface area contributed by atoms with Gasteiger partial charge >= 0.3 is 0 Å². The molecule has 1 saturated heterocycles. The molecule has 76 heavy (non-hydrogen) atoms. The highest BCUT2D eigenvalue weighted by molar-refractivity contribution is 5.76. The topological polar surface area (TPSA) is 149 Å². The van der Waals surface area contributed by atoms with E-state index < -0.39 is 49.5 Å². The molecule has 1 aliphatic heterocycles. The van der Waals surface area contributed by atoms with Gasteiger partial charge in [0.15, 0.2) is 6.29 Å². The van der Waals surface area contributed by atoms with Gasteiger partial charge < -0.3 is 40.3 Å². The summed E-state index contributed by atoms with van der Waals surface area (Å²) in [5, 5.41) is 54.6. The number of amides is 1. The Morgan fingerprint density at radius 3 is 1.26 bits per heavy atom. The number of aliphatic hydroxyl groups excluding tert-OH is 5. The molecule has 0 radical (unpaired) electrons. The van der Waals surface area contributed by atoms with Crippen LogP contribution in [-0.4, -0.2) is 87.5 Å². The van der Waals surface area contributed by atoms with E-state index in [0.29, 0.717) is 6.42 Å². The molecule has 7 atom stereocenters. The maximum absolute atomic E-state index is 13.1. The number of hydrogen-bond acceptors (Lipinski definition) is 8. The van der Waals surface area contributed by atoms with Crippen LogP contribution in [0.25, 0.3) is 0 Å². The number of hydrogen-bond donors (Lipinski definition) is 6. The highest BCUT2D eigenvalue weighted by Gasteiger charge is 2.44. The van der Waals surface area contributed by atoms with Crippen LogP contribution in [-0.2, 0) is 14.3 Å². The van der Waals surface area contributed by atoms with Gasteiger partial charge in [0, 0.05) is 6.42 Å². The lowest BCUT2D eigenvalue weighted by Gasteiger charge is -2.40. The van der Waals surface area contributed by atoms with Crippen molar-refractivity contribution in [2.45, 2.75) is 281 Å². The van der Waals surface area contributed by atoms with E-state index in [9.17, 15) is 30.3 Å². The van der Waals surface area contributed by atoms with Crippen molar-refractivity contribution in [3.63, 3.8) is 0 Å². The Labute approximate surface area is 465 Å². The van der Waals surface area contributed by atoms with Gasteiger partial charge in [0.1, 0.15) is 24.4 Å². The van der Waals surface area contributed by atoms with Gasteiger partial charge in [0.05, 0.1) is 25.4 Å². The number of carbonyl (C=O) groups is 1. The predicted octanol–water partition coefficient (Wildman–Crippen LogP) is 15.9. The van der Waals surface area contributed by atoms with E-state index in [2.05, 4.69) is 129 Å². The molecule has 1 rings (SSSR count). The van der Waals surface area contributed by atoms with Crippen LogP contribution in [0, 0.1) is 0 Å². The molecule has 0 aliphatic carbocycles. The summed E-state index contributed by atoms with van der Waals surface area (Å²) in [6, 6.07) is -0.841. The van der Waals surface area contributed by atoms with E-state index >= 15 is 0 Å². The fraction of sp³-hybridized carbons (Fsp3) is 0.687. The molecule has 1 aliphatic rings. The number of carbonyl (C=O) groups excluding carboxylic acids is 1. The van der Waals surface area contributed by atoms with Crippen LogP contribution < -0.4 is 5.32 Å². The first-order valence-corrected chi connectivity index (χ1v) is 30.8. The summed E-state index contributed by atoms with van der Waals surface area (Å²) in [6.45, 7) is 3.64. The van der Waals surface area contributed by atoms with Gasteiger partial charge in [0.25, 0.3) is 0 Å². The number of aliphatic hydroxyl groups is 5. The first-order chi connectivity index (χ1) is 37.3. The lowest BCUT2D eigenvalue weighted by molar-refractivity contribution is -0.302. The molecule has 1 heterocycles. The molecule has 0 spiro atoms. The highest BCUT2D eigenvalue weighted by Crippen LogP contribution is 2.23. The number of allylic oxidation sites excluding steroid dienone is 19. The molecule has 0 aromatic heterocycles. The summed E-state index contributed by atoms with van der Waals surface area (Å²) in [4.78, 5) is 13.1. The Kier molecular flexibility index (Phi) is 51.0. The standard InChI is InChI=1S/C67H113NO8/c1-3-5-7-9-11-13-15-17-19-21-23-25-27-28-29-30-31-32-33-34-35-37-39-41-43-45-47-49-51-53-55-57-63(71)68-60(59-75-67-66(74)65(73)64(72)62(58-69)76-67)61(70)56-54-52-50-48-46-44-42-40-38-36-26-24-22-20-18-16-14-12-10-8-6-4-2/h5,7,11,13,17,19,23,25,28-29,31-32,34-35,38,40,46,48,54,56,60-62,64-67,69-70,72-74H,3-4,6,8-10,12,14-16,18,20-22,24,26-27,30,33,36-37,39,41-45,47,49-53,55,57-59H2,1-2H3,(H,68,71)/b7-5-,13-11-,19-17-,25-23-,29-28-,32-31-,35-34-,40-38+,48-46+,56-54+. The van der Waals surface area contributed by atoms with Crippen LogP contribution in [0.5, 0.6) is 0 Å². The molecule has 1 fully saturated rings. The van der Waals surface area contributed by atoms with E-state index in [4.69, 9.17) is 9.47 Å². The average molecular weight is 1060 g/mol. The second kappa shape index (κ2) is 54.9. The third-order valence-corrected chi connectivity index (χ3v) is 13.7. The first-order valence-electron chi connectivity index (χ1n) is 30.8.